The van der Waals surface area contributed by atoms with Gasteiger partial charge in [0.15, 0.2) is 0 Å². The Kier molecular flexibility index (Phi) is 4.65. The fourth-order valence-electron chi connectivity index (χ4n) is 3.61. The molecule has 2 aromatic carbocycles. The van der Waals surface area contributed by atoms with Crippen LogP contribution in [0.15, 0.2) is 54.6 Å². The van der Waals surface area contributed by atoms with E-state index in [0.29, 0.717) is 6.54 Å². The van der Waals surface area contributed by atoms with E-state index in [4.69, 9.17) is 0 Å². The number of urea groups is 1. The molecule has 7 heteroatoms. The molecule has 0 spiro atoms. The normalized spacial score (nSPS) is 16.6. The number of para-hydroxylation sites is 1. The van der Waals surface area contributed by atoms with Crippen molar-refractivity contribution in [2.75, 3.05) is 18.0 Å². The third-order valence-corrected chi connectivity index (χ3v) is 5.02. The van der Waals surface area contributed by atoms with Gasteiger partial charge in [-0.25, -0.2) is 9.69 Å². The van der Waals surface area contributed by atoms with Crippen molar-refractivity contribution in [1.82, 2.24) is 9.80 Å². The second-order valence-corrected chi connectivity index (χ2v) is 6.83. The monoisotopic (exact) mass is 377 g/mol. The van der Waals surface area contributed by atoms with Crippen LogP contribution in [0.1, 0.15) is 17.5 Å². The summed E-state index contributed by atoms with van der Waals surface area (Å²) >= 11 is 0. The predicted octanol–water partition coefficient (Wildman–Crippen LogP) is 1.96. The third kappa shape index (κ3) is 3.15. The van der Waals surface area contributed by atoms with E-state index in [1.807, 2.05) is 30.3 Å². The molecule has 0 unspecified atom stereocenters. The van der Waals surface area contributed by atoms with Crippen molar-refractivity contribution in [2.24, 2.45) is 0 Å². The summed E-state index contributed by atoms with van der Waals surface area (Å²) in [5.41, 5.74) is 2.59. The van der Waals surface area contributed by atoms with Crippen LogP contribution in [0.3, 0.4) is 0 Å². The third-order valence-electron chi connectivity index (χ3n) is 5.02. The molecule has 0 N–H and O–H groups in total. The van der Waals surface area contributed by atoms with Gasteiger partial charge in [0, 0.05) is 12.2 Å². The van der Waals surface area contributed by atoms with Gasteiger partial charge in [0.2, 0.25) is 5.91 Å². The second-order valence-electron chi connectivity index (χ2n) is 6.83. The zero-order valence-electron chi connectivity index (χ0n) is 15.2. The largest absolute Gasteiger partial charge is 0.335 e. The highest BCUT2D eigenvalue weighted by Crippen LogP contribution is 2.27. The molecule has 5 amide bonds. The zero-order valence-corrected chi connectivity index (χ0v) is 15.2. The maximum Gasteiger partial charge on any atom is 0.335 e. The molecule has 142 valence electrons. The van der Waals surface area contributed by atoms with Crippen molar-refractivity contribution in [3.8, 4) is 0 Å². The van der Waals surface area contributed by atoms with Crippen LogP contribution in [0.2, 0.25) is 0 Å². The zero-order chi connectivity index (χ0) is 19.7. The highest BCUT2D eigenvalue weighted by atomic mass is 16.2. The van der Waals surface area contributed by atoms with Crippen LogP contribution in [-0.2, 0) is 27.3 Å². The van der Waals surface area contributed by atoms with Crippen molar-refractivity contribution in [3.63, 3.8) is 0 Å². The van der Waals surface area contributed by atoms with E-state index < -0.39 is 24.4 Å². The predicted molar refractivity (Wildman–Crippen MR) is 101 cm³/mol. The molecule has 2 aliphatic heterocycles. The molecule has 28 heavy (non-hydrogen) atoms. The number of hydrogen-bond donors (Lipinski definition) is 0. The van der Waals surface area contributed by atoms with Gasteiger partial charge in [0.25, 0.3) is 0 Å². The summed E-state index contributed by atoms with van der Waals surface area (Å²) in [6.45, 7) is 0.0816. The van der Waals surface area contributed by atoms with Crippen LogP contribution in [0.25, 0.3) is 0 Å². The molecule has 2 aromatic rings. The summed E-state index contributed by atoms with van der Waals surface area (Å²) in [7, 11) is 0. The summed E-state index contributed by atoms with van der Waals surface area (Å²) in [6, 6.07) is 15.8. The fraction of sp³-hybridized carbons (Fsp3) is 0.238. The molecule has 0 atom stereocenters. The minimum Gasteiger partial charge on any atom is -0.311 e. The quantitative estimate of drug-likeness (QED) is 0.603. The van der Waals surface area contributed by atoms with Gasteiger partial charge >= 0.3 is 17.8 Å². The average Bonchev–Trinajstić information content (AvgIpc) is 2.92. The van der Waals surface area contributed by atoms with Crippen molar-refractivity contribution >= 4 is 29.4 Å². The first kappa shape index (κ1) is 17.9. The Labute approximate surface area is 162 Å². The van der Waals surface area contributed by atoms with Gasteiger partial charge in [-0.2, -0.15) is 0 Å². The van der Waals surface area contributed by atoms with Crippen molar-refractivity contribution in [2.45, 2.75) is 19.4 Å². The van der Waals surface area contributed by atoms with Crippen LogP contribution in [0, 0.1) is 0 Å². The molecular weight excluding hydrogens is 358 g/mol. The van der Waals surface area contributed by atoms with Gasteiger partial charge in [0.1, 0.15) is 6.54 Å². The van der Waals surface area contributed by atoms with Gasteiger partial charge in [0.05, 0.1) is 6.54 Å². The van der Waals surface area contributed by atoms with Gasteiger partial charge in [-0.05, 0) is 30.0 Å². The van der Waals surface area contributed by atoms with E-state index in [1.54, 1.807) is 29.2 Å². The summed E-state index contributed by atoms with van der Waals surface area (Å²) in [5.74, 6) is -2.23. The van der Waals surface area contributed by atoms with E-state index in [9.17, 15) is 19.2 Å². The van der Waals surface area contributed by atoms with Crippen LogP contribution >= 0.6 is 0 Å². The first-order chi connectivity index (χ1) is 13.6. The first-order valence-electron chi connectivity index (χ1n) is 9.16. The van der Waals surface area contributed by atoms with Crippen LogP contribution in [0.5, 0.6) is 0 Å². The number of fused-ring (bicyclic) bond motifs is 1. The molecule has 7 nitrogen and oxygen atoms in total. The summed E-state index contributed by atoms with van der Waals surface area (Å²) in [6.07, 6.45) is 1.69. The second kappa shape index (κ2) is 7.26. The van der Waals surface area contributed by atoms with Crippen molar-refractivity contribution in [3.05, 3.63) is 65.7 Å². The maximum atomic E-state index is 12.8. The lowest BCUT2D eigenvalue weighted by molar-refractivity contribution is -0.144. The van der Waals surface area contributed by atoms with Crippen molar-refractivity contribution in [1.29, 1.82) is 0 Å². The summed E-state index contributed by atoms with van der Waals surface area (Å²) in [4.78, 5) is 53.3. The number of imide groups is 2. The Morgan fingerprint density at radius 3 is 2.32 bits per heavy atom. The molecule has 2 heterocycles. The Morgan fingerprint density at radius 1 is 0.857 bits per heavy atom. The lowest BCUT2D eigenvalue weighted by atomic mass is 10.0. The van der Waals surface area contributed by atoms with Gasteiger partial charge in [-0.1, -0.05) is 48.5 Å². The lowest BCUT2D eigenvalue weighted by Crippen LogP contribution is -2.45. The molecule has 0 radical (unpaired) electrons. The number of nitrogens with zero attached hydrogens (tertiary/aromatic N) is 3. The molecule has 0 bridgehead atoms. The smallest absolute Gasteiger partial charge is 0.311 e. The van der Waals surface area contributed by atoms with Crippen LogP contribution in [0.4, 0.5) is 10.5 Å². The fourth-order valence-corrected chi connectivity index (χ4v) is 3.61. The van der Waals surface area contributed by atoms with E-state index in [0.717, 1.165) is 39.5 Å². The lowest BCUT2D eigenvalue weighted by Gasteiger charge is -2.30. The summed E-state index contributed by atoms with van der Waals surface area (Å²) < 4.78 is 0. The van der Waals surface area contributed by atoms with E-state index in [2.05, 4.69) is 0 Å². The first-order valence-corrected chi connectivity index (χ1v) is 9.16. The number of amides is 5. The molecule has 2 aliphatic rings. The molecule has 0 aromatic heterocycles. The maximum absolute atomic E-state index is 12.8. The van der Waals surface area contributed by atoms with E-state index in [1.165, 1.54) is 0 Å². The SMILES string of the molecule is O=C1C(=O)N(Cc2ccccc2)C(=O)N1CC(=O)N1CCCc2ccccc21. The van der Waals surface area contributed by atoms with Gasteiger partial charge in [-0.15, -0.1) is 0 Å². The molecule has 1 fully saturated rings. The van der Waals surface area contributed by atoms with Crippen LogP contribution in [-0.4, -0.2) is 46.6 Å². The Balaban J connectivity index is 1.51. The number of anilines is 1. The number of carbonyl (C=O) groups excluding carboxylic acids is 4. The van der Waals surface area contributed by atoms with E-state index >= 15 is 0 Å². The van der Waals surface area contributed by atoms with Gasteiger partial charge < -0.3 is 4.90 Å². The average molecular weight is 377 g/mol. The van der Waals surface area contributed by atoms with Gasteiger partial charge in [-0.3, -0.25) is 19.3 Å². The van der Waals surface area contributed by atoms with E-state index in [-0.39, 0.29) is 12.5 Å². The minimum atomic E-state index is -0.959. The standard InChI is InChI=1S/C21H19N3O4/c25-18(22-12-6-10-16-9-4-5-11-17(16)22)14-24-20(27)19(26)23(21(24)28)13-15-7-2-1-3-8-15/h1-5,7-9,11H,6,10,12-14H2. The van der Waals surface area contributed by atoms with Crippen molar-refractivity contribution < 1.29 is 19.2 Å². The molecular formula is C21H19N3O4. The molecule has 4 rings (SSSR count). The Morgan fingerprint density at radius 2 is 1.54 bits per heavy atom. The topological polar surface area (TPSA) is 78.0 Å². The molecule has 1 saturated heterocycles. The number of hydrogen-bond acceptors (Lipinski definition) is 4. The highest BCUT2D eigenvalue weighted by Gasteiger charge is 2.45. The highest BCUT2D eigenvalue weighted by molar-refractivity contribution is 6.45. The Hall–Kier alpha value is -3.48. The molecule has 0 aliphatic carbocycles. The minimum absolute atomic E-state index is 0.00147. The number of carbonyl (C=O) groups is 4. The van der Waals surface area contributed by atoms with Crippen LogP contribution < -0.4 is 4.90 Å². The number of rotatable bonds is 4. The molecule has 0 saturated carbocycles. The number of benzene rings is 2. The summed E-state index contributed by atoms with van der Waals surface area (Å²) in [5, 5.41) is 0. The Bertz CT molecular complexity index is 957. The number of aryl methyl sites for hydroxylation is 1.